The number of hydrogen-bond acceptors (Lipinski definition) is 6. The smallest absolute Gasteiger partial charge is 0.407 e. The summed E-state index contributed by atoms with van der Waals surface area (Å²) in [5.41, 5.74) is 5.33. The average molecular weight is 492 g/mol. The maximum absolute atomic E-state index is 12.6. The maximum atomic E-state index is 12.6. The van der Waals surface area contributed by atoms with Crippen LogP contribution < -0.4 is 10.2 Å². The van der Waals surface area contributed by atoms with Gasteiger partial charge in [-0.15, -0.1) is 11.3 Å². The molecule has 2 aliphatic rings. The standard InChI is InChI=1S/C27H29N3O4S/c1-17-24(35-26(28-17)30-13-7-2-8-14-30)15-23(25(31)32)29-27(33)34-16-22-20-11-5-3-9-18(20)19-10-4-6-12-21(19)22/h3-6,9-12,22-23H,2,7-8,13-16H2,1H3,(H,29,33)(H,31,32). The minimum atomic E-state index is -1.09. The lowest BCUT2D eigenvalue weighted by Crippen LogP contribution is -2.42. The number of hydrogen-bond donors (Lipinski definition) is 2. The van der Waals surface area contributed by atoms with Crippen LogP contribution in [0.25, 0.3) is 11.1 Å². The molecule has 1 atom stereocenters. The molecule has 2 aromatic carbocycles. The summed E-state index contributed by atoms with van der Waals surface area (Å²) in [5, 5.41) is 13.3. The predicted molar refractivity (Wildman–Crippen MR) is 136 cm³/mol. The Kier molecular flexibility index (Phi) is 6.72. The Bertz CT molecular complexity index is 1190. The highest BCUT2D eigenvalue weighted by Gasteiger charge is 2.30. The van der Waals surface area contributed by atoms with Gasteiger partial charge in [-0.05, 0) is 48.4 Å². The summed E-state index contributed by atoms with van der Waals surface area (Å²) < 4.78 is 5.55. The Labute approximate surface area is 208 Å². The fourth-order valence-electron chi connectivity index (χ4n) is 4.99. The number of carbonyl (C=O) groups is 2. The lowest BCUT2D eigenvalue weighted by molar-refractivity contribution is -0.139. The second-order valence-corrected chi connectivity index (χ2v) is 10.2. The number of ether oxygens (including phenoxy) is 1. The molecule has 2 N–H and O–H groups in total. The summed E-state index contributed by atoms with van der Waals surface area (Å²) in [5.74, 6) is -1.17. The maximum Gasteiger partial charge on any atom is 0.407 e. The number of nitrogens with one attached hydrogen (secondary N) is 1. The van der Waals surface area contributed by atoms with Crippen LogP contribution in [0.3, 0.4) is 0 Å². The van der Waals surface area contributed by atoms with E-state index in [1.807, 2.05) is 43.3 Å². The monoisotopic (exact) mass is 491 g/mol. The summed E-state index contributed by atoms with van der Waals surface area (Å²) in [6, 6.07) is 15.1. The van der Waals surface area contributed by atoms with Crippen LogP contribution in [0.2, 0.25) is 0 Å². The fourth-order valence-corrected chi connectivity index (χ4v) is 6.15. The molecule has 0 bridgehead atoms. The van der Waals surface area contributed by atoms with Gasteiger partial charge < -0.3 is 20.1 Å². The van der Waals surface area contributed by atoms with Gasteiger partial charge in [-0.2, -0.15) is 0 Å². The molecule has 8 heteroatoms. The van der Waals surface area contributed by atoms with Gasteiger partial charge in [0.25, 0.3) is 0 Å². The quantitative estimate of drug-likeness (QED) is 0.485. The molecule has 0 saturated carbocycles. The van der Waals surface area contributed by atoms with E-state index in [-0.39, 0.29) is 18.9 Å². The number of thiazole rings is 1. The molecular weight excluding hydrogens is 462 g/mol. The van der Waals surface area contributed by atoms with Gasteiger partial charge in [0.05, 0.1) is 5.69 Å². The Morgan fingerprint density at radius 3 is 2.34 bits per heavy atom. The van der Waals surface area contributed by atoms with Gasteiger partial charge in [-0.3, -0.25) is 0 Å². The van der Waals surface area contributed by atoms with E-state index in [4.69, 9.17) is 4.74 Å². The Morgan fingerprint density at radius 2 is 1.71 bits per heavy atom. The Balaban J connectivity index is 1.23. The SMILES string of the molecule is Cc1nc(N2CCCCC2)sc1CC(NC(=O)OCC1c2ccccc2-c2ccccc21)C(=O)O. The van der Waals surface area contributed by atoms with E-state index in [1.165, 1.54) is 17.8 Å². The van der Waals surface area contributed by atoms with Gasteiger partial charge in [-0.1, -0.05) is 48.5 Å². The third-order valence-corrected chi connectivity index (χ3v) is 8.07. The molecule has 1 aliphatic carbocycles. The number of aliphatic carboxylic acids is 1. The number of piperidine rings is 1. The largest absolute Gasteiger partial charge is 0.480 e. The number of nitrogens with zero attached hydrogens (tertiary/aromatic N) is 2. The van der Waals surface area contributed by atoms with Crippen molar-refractivity contribution < 1.29 is 19.4 Å². The number of carboxylic acid groups (broad SMARTS) is 1. The highest BCUT2D eigenvalue weighted by Crippen LogP contribution is 2.44. The van der Waals surface area contributed by atoms with Crippen LogP contribution >= 0.6 is 11.3 Å². The number of carbonyl (C=O) groups excluding carboxylic acids is 1. The third kappa shape index (κ3) is 4.89. The first-order chi connectivity index (χ1) is 17.0. The normalized spacial score (nSPS) is 15.9. The van der Waals surface area contributed by atoms with E-state index in [0.717, 1.165) is 63.9 Å². The number of benzene rings is 2. The molecule has 1 aliphatic heterocycles. The van der Waals surface area contributed by atoms with Crippen molar-refractivity contribution in [3.8, 4) is 11.1 Å². The highest BCUT2D eigenvalue weighted by atomic mass is 32.1. The molecular formula is C27H29N3O4S. The van der Waals surface area contributed by atoms with Gasteiger partial charge >= 0.3 is 12.1 Å². The van der Waals surface area contributed by atoms with Gasteiger partial charge in [-0.25, -0.2) is 14.6 Å². The summed E-state index contributed by atoms with van der Waals surface area (Å²) in [4.78, 5) is 32.4. The van der Waals surface area contributed by atoms with Crippen molar-refractivity contribution in [1.29, 1.82) is 0 Å². The average Bonchev–Trinajstić information content (AvgIpc) is 3.40. The summed E-state index contributed by atoms with van der Waals surface area (Å²) in [7, 11) is 0. The molecule has 0 radical (unpaired) electrons. The number of aryl methyl sites for hydroxylation is 1. The van der Waals surface area contributed by atoms with Gasteiger partial charge in [0.15, 0.2) is 5.13 Å². The summed E-state index contributed by atoms with van der Waals surface area (Å²) >= 11 is 1.52. The molecule has 1 unspecified atom stereocenters. The van der Waals surface area contributed by atoms with E-state index in [9.17, 15) is 14.7 Å². The van der Waals surface area contributed by atoms with Crippen molar-refractivity contribution in [1.82, 2.24) is 10.3 Å². The number of amides is 1. The van der Waals surface area contributed by atoms with Gasteiger partial charge in [0.1, 0.15) is 12.6 Å². The highest BCUT2D eigenvalue weighted by molar-refractivity contribution is 7.15. The predicted octanol–water partition coefficient (Wildman–Crippen LogP) is 4.98. The number of fused-ring (bicyclic) bond motifs is 3. The lowest BCUT2D eigenvalue weighted by atomic mass is 9.98. The second kappa shape index (κ2) is 10.1. The van der Waals surface area contributed by atoms with Crippen molar-refractivity contribution >= 4 is 28.5 Å². The van der Waals surface area contributed by atoms with E-state index in [0.29, 0.717) is 0 Å². The molecule has 1 aromatic heterocycles. The first-order valence-electron chi connectivity index (χ1n) is 12.1. The zero-order valence-electron chi connectivity index (χ0n) is 19.7. The van der Waals surface area contributed by atoms with E-state index in [1.54, 1.807) is 0 Å². The molecule has 35 heavy (non-hydrogen) atoms. The van der Waals surface area contributed by atoms with E-state index in [2.05, 4.69) is 27.3 Å². The lowest BCUT2D eigenvalue weighted by Gasteiger charge is -2.25. The topological polar surface area (TPSA) is 91.8 Å². The van der Waals surface area contributed by atoms with Crippen LogP contribution in [-0.2, 0) is 16.0 Å². The molecule has 3 aromatic rings. The molecule has 182 valence electrons. The van der Waals surface area contributed by atoms with Crippen LogP contribution in [0.15, 0.2) is 48.5 Å². The summed E-state index contributed by atoms with van der Waals surface area (Å²) in [6.07, 6.45) is 2.98. The Hall–Kier alpha value is -3.39. The molecule has 1 fully saturated rings. The first kappa shape index (κ1) is 23.4. The van der Waals surface area contributed by atoms with Crippen molar-refractivity contribution in [2.75, 3.05) is 24.6 Å². The van der Waals surface area contributed by atoms with Crippen LogP contribution in [0.1, 0.15) is 46.9 Å². The first-order valence-corrected chi connectivity index (χ1v) is 12.9. The Morgan fingerprint density at radius 1 is 1.09 bits per heavy atom. The molecule has 0 spiro atoms. The summed E-state index contributed by atoms with van der Waals surface area (Å²) in [6.45, 7) is 4.00. The van der Waals surface area contributed by atoms with Crippen LogP contribution in [-0.4, -0.2) is 47.9 Å². The number of carboxylic acids is 1. The zero-order chi connectivity index (χ0) is 24.4. The van der Waals surface area contributed by atoms with Crippen molar-refractivity contribution in [3.63, 3.8) is 0 Å². The minimum absolute atomic E-state index is 0.0766. The van der Waals surface area contributed by atoms with Crippen molar-refractivity contribution in [2.24, 2.45) is 0 Å². The van der Waals surface area contributed by atoms with Crippen molar-refractivity contribution in [3.05, 3.63) is 70.2 Å². The molecule has 5 rings (SSSR count). The minimum Gasteiger partial charge on any atom is -0.480 e. The molecule has 7 nitrogen and oxygen atoms in total. The zero-order valence-corrected chi connectivity index (χ0v) is 20.5. The molecule has 1 amide bonds. The van der Waals surface area contributed by atoms with Crippen LogP contribution in [0.5, 0.6) is 0 Å². The number of aromatic nitrogens is 1. The second-order valence-electron chi connectivity index (χ2n) is 9.12. The fraction of sp³-hybridized carbons (Fsp3) is 0.370. The third-order valence-electron chi connectivity index (χ3n) is 6.83. The van der Waals surface area contributed by atoms with Gasteiger partial charge in [0.2, 0.25) is 0 Å². The van der Waals surface area contributed by atoms with Crippen LogP contribution in [0, 0.1) is 6.92 Å². The van der Waals surface area contributed by atoms with Gasteiger partial charge in [0, 0.05) is 30.3 Å². The van der Waals surface area contributed by atoms with E-state index < -0.39 is 18.1 Å². The van der Waals surface area contributed by atoms with E-state index >= 15 is 0 Å². The number of alkyl carbamates (subject to hydrolysis) is 1. The number of rotatable bonds is 7. The molecule has 2 heterocycles. The van der Waals surface area contributed by atoms with Crippen LogP contribution in [0.4, 0.5) is 9.93 Å². The van der Waals surface area contributed by atoms with Crippen molar-refractivity contribution in [2.45, 2.75) is 44.6 Å². The molecule has 1 saturated heterocycles. The number of anilines is 1.